The second kappa shape index (κ2) is 7.39. The highest BCUT2D eigenvalue weighted by Crippen LogP contribution is 2.24. The van der Waals surface area contributed by atoms with Gasteiger partial charge in [-0.3, -0.25) is 0 Å². The number of aliphatic hydroxyl groups is 1. The number of aromatic hydroxyl groups is 1. The minimum Gasteiger partial charge on any atom is -0.507 e. The molecule has 0 spiro atoms. The first-order valence-electron chi connectivity index (χ1n) is 6.40. The molecule has 0 aliphatic rings. The van der Waals surface area contributed by atoms with Gasteiger partial charge in [0.25, 0.3) is 0 Å². The molecule has 0 saturated heterocycles. The normalized spacial score (nSPS) is 11.6. The van der Waals surface area contributed by atoms with E-state index in [9.17, 15) is 18.3 Å². The van der Waals surface area contributed by atoms with Gasteiger partial charge >= 0.3 is 5.97 Å². The Balaban J connectivity index is 3.22. The van der Waals surface area contributed by atoms with E-state index in [1.54, 1.807) is 6.92 Å². The van der Waals surface area contributed by atoms with Crippen molar-refractivity contribution in [3.8, 4) is 5.75 Å². The van der Waals surface area contributed by atoms with Gasteiger partial charge in [0.15, 0.2) is 0 Å². The molecule has 0 atom stereocenters. The average molecular weight is 317 g/mol. The minimum atomic E-state index is -3.80. The van der Waals surface area contributed by atoms with Gasteiger partial charge in [-0.2, -0.15) is 4.31 Å². The van der Waals surface area contributed by atoms with Crippen molar-refractivity contribution in [2.24, 2.45) is 0 Å². The number of phenolic OH excluding ortho intramolecular Hbond substituents is 1. The van der Waals surface area contributed by atoms with E-state index in [2.05, 4.69) is 4.74 Å². The average Bonchev–Trinajstić information content (AvgIpc) is 2.47. The summed E-state index contributed by atoms with van der Waals surface area (Å²) in [6.07, 6.45) is 0.314. The number of hydrogen-bond donors (Lipinski definition) is 2. The van der Waals surface area contributed by atoms with Crippen LogP contribution in [0, 0.1) is 0 Å². The summed E-state index contributed by atoms with van der Waals surface area (Å²) in [6.45, 7) is 1.96. The van der Waals surface area contributed by atoms with Crippen LogP contribution in [0.5, 0.6) is 5.75 Å². The van der Waals surface area contributed by atoms with Crippen LogP contribution in [0.15, 0.2) is 23.1 Å². The first-order chi connectivity index (χ1) is 9.88. The van der Waals surface area contributed by atoms with Gasteiger partial charge in [-0.1, -0.05) is 6.92 Å². The van der Waals surface area contributed by atoms with Gasteiger partial charge in [-0.15, -0.1) is 0 Å². The third-order valence-corrected chi connectivity index (χ3v) is 4.90. The predicted molar refractivity (Wildman–Crippen MR) is 75.6 cm³/mol. The first-order valence-corrected chi connectivity index (χ1v) is 7.84. The van der Waals surface area contributed by atoms with E-state index in [1.165, 1.54) is 10.4 Å². The summed E-state index contributed by atoms with van der Waals surface area (Å²) in [4.78, 5) is 11.4. The number of rotatable bonds is 7. The van der Waals surface area contributed by atoms with E-state index in [0.717, 1.165) is 19.2 Å². The largest absolute Gasteiger partial charge is 0.507 e. The van der Waals surface area contributed by atoms with Crippen molar-refractivity contribution in [3.63, 3.8) is 0 Å². The Kier molecular flexibility index (Phi) is 6.13. The van der Waals surface area contributed by atoms with Crippen molar-refractivity contribution in [2.75, 3.05) is 26.8 Å². The van der Waals surface area contributed by atoms with E-state index < -0.39 is 16.0 Å². The Hall–Kier alpha value is -1.64. The number of aliphatic hydroxyl groups excluding tert-OH is 1. The quantitative estimate of drug-likeness (QED) is 0.713. The molecule has 0 aromatic heterocycles. The summed E-state index contributed by atoms with van der Waals surface area (Å²) in [5.74, 6) is -1.16. The summed E-state index contributed by atoms with van der Waals surface area (Å²) in [5, 5.41) is 18.4. The van der Waals surface area contributed by atoms with Crippen molar-refractivity contribution < 1.29 is 28.2 Å². The van der Waals surface area contributed by atoms with Crippen LogP contribution >= 0.6 is 0 Å². The molecule has 8 heteroatoms. The maximum Gasteiger partial charge on any atom is 0.341 e. The molecule has 1 aromatic rings. The number of ether oxygens (including phenoxy) is 1. The van der Waals surface area contributed by atoms with Crippen LogP contribution in [-0.4, -0.2) is 55.7 Å². The fourth-order valence-electron chi connectivity index (χ4n) is 1.79. The smallest absolute Gasteiger partial charge is 0.341 e. The lowest BCUT2D eigenvalue weighted by atomic mass is 10.2. The molecule has 118 valence electrons. The van der Waals surface area contributed by atoms with Crippen molar-refractivity contribution in [2.45, 2.75) is 18.2 Å². The van der Waals surface area contributed by atoms with Crippen molar-refractivity contribution >= 4 is 16.0 Å². The van der Waals surface area contributed by atoms with Crippen LogP contribution in [0.3, 0.4) is 0 Å². The molecule has 1 aromatic carbocycles. The van der Waals surface area contributed by atoms with Crippen LogP contribution < -0.4 is 0 Å². The highest BCUT2D eigenvalue weighted by molar-refractivity contribution is 7.89. The number of benzene rings is 1. The zero-order valence-electron chi connectivity index (χ0n) is 11.9. The van der Waals surface area contributed by atoms with Gasteiger partial charge in [0.1, 0.15) is 11.3 Å². The number of sulfonamides is 1. The summed E-state index contributed by atoms with van der Waals surface area (Å²) < 4.78 is 30.6. The molecule has 1 rings (SSSR count). The highest BCUT2D eigenvalue weighted by Gasteiger charge is 2.25. The number of hydrogen-bond acceptors (Lipinski definition) is 6. The molecule has 0 radical (unpaired) electrons. The monoisotopic (exact) mass is 317 g/mol. The van der Waals surface area contributed by atoms with Gasteiger partial charge in [-0.05, 0) is 24.6 Å². The molecule has 7 nitrogen and oxygen atoms in total. The van der Waals surface area contributed by atoms with Crippen molar-refractivity contribution in [1.82, 2.24) is 4.31 Å². The molecule has 0 bridgehead atoms. The third-order valence-electron chi connectivity index (χ3n) is 2.93. The van der Waals surface area contributed by atoms with Crippen molar-refractivity contribution in [1.29, 1.82) is 0 Å². The molecule has 0 aliphatic carbocycles. The summed E-state index contributed by atoms with van der Waals surface area (Å²) in [7, 11) is -2.66. The van der Waals surface area contributed by atoms with Gasteiger partial charge in [0, 0.05) is 19.7 Å². The van der Waals surface area contributed by atoms with Gasteiger partial charge < -0.3 is 14.9 Å². The van der Waals surface area contributed by atoms with Crippen LogP contribution in [0.1, 0.15) is 23.7 Å². The molecule has 0 amide bonds. The second-order valence-electron chi connectivity index (χ2n) is 4.24. The van der Waals surface area contributed by atoms with E-state index >= 15 is 0 Å². The number of phenols is 1. The van der Waals surface area contributed by atoms with Crippen molar-refractivity contribution in [3.05, 3.63) is 23.8 Å². The third kappa shape index (κ3) is 3.93. The van der Waals surface area contributed by atoms with Gasteiger partial charge in [-0.25, -0.2) is 13.2 Å². The topological polar surface area (TPSA) is 104 Å². The number of nitrogens with zero attached hydrogens (tertiary/aromatic N) is 1. The summed E-state index contributed by atoms with van der Waals surface area (Å²) >= 11 is 0. The van der Waals surface area contributed by atoms with E-state index in [0.29, 0.717) is 6.42 Å². The Labute approximate surface area is 123 Å². The van der Waals surface area contributed by atoms with E-state index in [4.69, 9.17) is 5.11 Å². The number of esters is 1. The zero-order chi connectivity index (χ0) is 16.0. The minimum absolute atomic E-state index is 0.111. The molecule has 2 N–H and O–H groups in total. The van der Waals surface area contributed by atoms with Crippen LogP contribution in [0.25, 0.3) is 0 Å². The molecule has 0 aliphatic heterocycles. The first kappa shape index (κ1) is 17.4. The Morgan fingerprint density at radius 2 is 2.05 bits per heavy atom. The molecule has 0 unspecified atom stereocenters. The van der Waals surface area contributed by atoms with E-state index in [-0.39, 0.29) is 35.9 Å². The summed E-state index contributed by atoms with van der Waals surface area (Å²) in [5.41, 5.74) is -0.211. The Morgan fingerprint density at radius 3 is 2.57 bits per heavy atom. The standard InChI is InChI=1S/C13H19NO6S/c1-3-14(7-4-8-15)21(18,19)10-5-6-12(16)11(9-10)13(17)20-2/h5-6,9,15-16H,3-4,7-8H2,1-2H3. The van der Waals surface area contributed by atoms with Crippen LogP contribution in [0.2, 0.25) is 0 Å². The summed E-state index contributed by atoms with van der Waals surface area (Å²) in [6, 6.07) is 3.44. The molecule has 0 saturated carbocycles. The SMILES string of the molecule is CCN(CCCO)S(=O)(=O)c1ccc(O)c(C(=O)OC)c1. The molecule has 0 fully saturated rings. The van der Waals surface area contributed by atoms with Gasteiger partial charge in [0.2, 0.25) is 10.0 Å². The molecular weight excluding hydrogens is 298 g/mol. The van der Waals surface area contributed by atoms with Crippen LogP contribution in [-0.2, 0) is 14.8 Å². The lowest BCUT2D eigenvalue weighted by molar-refractivity contribution is 0.0597. The predicted octanol–water partition coefficient (Wildman–Crippen LogP) is 0.572. The fraction of sp³-hybridized carbons (Fsp3) is 0.462. The zero-order valence-corrected chi connectivity index (χ0v) is 12.8. The number of carbonyl (C=O) groups excluding carboxylic acids is 1. The van der Waals surface area contributed by atoms with Crippen LogP contribution in [0.4, 0.5) is 0 Å². The lowest BCUT2D eigenvalue weighted by Gasteiger charge is -2.20. The second-order valence-corrected chi connectivity index (χ2v) is 6.18. The maximum atomic E-state index is 12.5. The van der Waals surface area contributed by atoms with Gasteiger partial charge in [0.05, 0.1) is 12.0 Å². The molecule has 21 heavy (non-hydrogen) atoms. The Bertz CT molecular complexity index is 599. The molecule has 0 heterocycles. The number of methoxy groups -OCH3 is 1. The maximum absolute atomic E-state index is 12.5. The highest BCUT2D eigenvalue weighted by atomic mass is 32.2. The Morgan fingerprint density at radius 1 is 1.38 bits per heavy atom. The lowest BCUT2D eigenvalue weighted by Crippen LogP contribution is -2.32. The molecular formula is C13H19NO6S. The number of carbonyl (C=O) groups is 1. The fourth-order valence-corrected chi connectivity index (χ4v) is 3.31. The van der Waals surface area contributed by atoms with E-state index in [1.807, 2.05) is 0 Å².